The Kier molecular flexibility index (Phi) is 5.10. The summed E-state index contributed by atoms with van der Waals surface area (Å²) in [7, 11) is -2.60. The molecule has 1 N–H and O–H groups in total. The number of sulfonamides is 1. The maximum absolute atomic E-state index is 11.7. The van der Waals surface area contributed by atoms with Gasteiger partial charge in [0.25, 0.3) is 0 Å². The Morgan fingerprint density at radius 2 is 1.78 bits per heavy atom. The van der Waals surface area contributed by atoms with Gasteiger partial charge in [0.05, 0.1) is 14.8 Å². The first-order chi connectivity index (χ1) is 10.7. The lowest BCUT2D eigenvalue weighted by molar-refractivity contribution is -0.385. The Morgan fingerprint density at radius 1 is 1.13 bits per heavy atom. The van der Waals surface area contributed by atoms with Crippen molar-refractivity contribution < 1.29 is 18.1 Å². The zero-order valence-electron chi connectivity index (χ0n) is 11.6. The van der Waals surface area contributed by atoms with Gasteiger partial charge >= 0.3 is 5.69 Å². The van der Waals surface area contributed by atoms with Crippen molar-refractivity contribution in [1.29, 1.82) is 0 Å². The summed E-state index contributed by atoms with van der Waals surface area (Å²) in [6.45, 7) is 0. The Hall–Kier alpha value is -1.87. The van der Waals surface area contributed by atoms with Crippen LogP contribution in [0.2, 0.25) is 10.0 Å². The molecular formula is C13H10Cl2N2O5S. The number of halogens is 2. The highest BCUT2D eigenvalue weighted by Crippen LogP contribution is 2.37. The largest absolute Gasteiger partial charge is 0.449 e. The summed E-state index contributed by atoms with van der Waals surface area (Å²) >= 11 is 11.7. The highest BCUT2D eigenvalue weighted by molar-refractivity contribution is 7.89. The molecule has 0 aliphatic heterocycles. The van der Waals surface area contributed by atoms with Crippen LogP contribution in [0.1, 0.15) is 0 Å². The number of ether oxygens (including phenoxy) is 1. The minimum absolute atomic E-state index is 0.144. The van der Waals surface area contributed by atoms with Crippen LogP contribution in [-0.4, -0.2) is 20.4 Å². The second-order valence-electron chi connectivity index (χ2n) is 4.27. The van der Waals surface area contributed by atoms with Crippen LogP contribution in [0, 0.1) is 10.1 Å². The minimum atomic E-state index is -3.81. The van der Waals surface area contributed by atoms with E-state index in [0.29, 0.717) is 5.02 Å². The van der Waals surface area contributed by atoms with Crippen molar-refractivity contribution in [3.63, 3.8) is 0 Å². The molecule has 0 unspecified atom stereocenters. The Morgan fingerprint density at radius 3 is 2.35 bits per heavy atom. The van der Waals surface area contributed by atoms with Crippen LogP contribution in [-0.2, 0) is 10.0 Å². The summed E-state index contributed by atoms with van der Waals surface area (Å²) in [5, 5.41) is 11.7. The van der Waals surface area contributed by atoms with Gasteiger partial charge in [0.2, 0.25) is 15.8 Å². The van der Waals surface area contributed by atoms with E-state index < -0.39 is 20.6 Å². The first-order valence-corrected chi connectivity index (χ1v) is 8.33. The maximum atomic E-state index is 11.7. The predicted molar refractivity (Wildman–Crippen MR) is 85.9 cm³/mol. The third kappa shape index (κ3) is 3.91. The quantitative estimate of drug-likeness (QED) is 0.634. The third-order valence-electron chi connectivity index (χ3n) is 2.82. The fourth-order valence-electron chi connectivity index (χ4n) is 1.69. The second kappa shape index (κ2) is 6.71. The summed E-state index contributed by atoms with van der Waals surface area (Å²) in [6, 6.07) is 7.67. The molecule has 0 bridgehead atoms. The molecule has 10 heteroatoms. The Balaban J connectivity index is 2.48. The first-order valence-electron chi connectivity index (χ1n) is 6.09. The average Bonchev–Trinajstić information content (AvgIpc) is 2.50. The SMILES string of the molecule is CNS(=O)(=O)c1ccc(Oc2ccc(Cl)cc2Cl)c([N+](=O)[O-])c1. The van der Waals surface area contributed by atoms with E-state index in [4.69, 9.17) is 27.9 Å². The molecule has 2 aromatic rings. The minimum Gasteiger partial charge on any atom is -0.449 e. The van der Waals surface area contributed by atoms with Gasteiger partial charge in [0, 0.05) is 11.1 Å². The summed E-state index contributed by atoms with van der Waals surface area (Å²) in [5.41, 5.74) is -0.507. The van der Waals surface area contributed by atoms with Gasteiger partial charge in [0.15, 0.2) is 0 Å². The number of nitro groups is 1. The van der Waals surface area contributed by atoms with Crippen molar-refractivity contribution in [2.24, 2.45) is 0 Å². The zero-order valence-corrected chi connectivity index (χ0v) is 13.9. The van der Waals surface area contributed by atoms with E-state index in [1.807, 2.05) is 0 Å². The van der Waals surface area contributed by atoms with Crippen LogP contribution < -0.4 is 9.46 Å². The molecule has 0 fully saturated rings. The molecule has 0 heterocycles. The Bertz CT molecular complexity index is 871. The molecule has 0 aromatic heterocycles. The normalized spacial score (nSPS) is 11.3. The van der Waals surface area contributed by atoms with Crippen molar-refractivity contribution in [2.45, 2.75) is 4.90 Å². The van der Waals surface area contributed by atoms with E-state index >= 15 is 0 Å². The molecule has 7 nitrogen and oxygen atoms in total. The van der Waals surface area contributed by atoms with Crippen LogP contribution in [0.4, 0.5) is 5.69 Å². The van der Waals surface area contributed by atoms with Crippen LogP contribution >= 0.6 is 23.2 Å². The average molecular weight is 377 g/mol. The van der Waals surface area contributed by atoms with Gasteiger partial charge in [-0.25, -0.2) is 13.1 Å². The lowest BCUT2D eigenvalue weighted by Crippen LogP contribution is -2.18. The second-order valence-corrected chi connectivity index (χ2v) is 7.00. The lowest BCUT2D eigenvalue weighted by Gasteiger charge is -2.09. The smallest absolute Gasteiger partial charge is 0.312 e. The number of nitrogens with zero attached hydrogens (tertiary/aromatic N) is 1. The number of nitro benzene ring substituents is 1. The van der Waals surface area contributed by atoms with Gasteiger partial charge in [-0.3, -0.25) is 10.1 Å². The van der Waals surface area contributed by atoms with Gasteiger partial charge in [-0.2, -0.15) is 0 Å². The maximum Gasteiger partial charge on any atom is 0.312 e. The van der Waals surface area contributed by atoms with Gasteiger partial charge in [-0.05, 0) is 37.4 Å². The van der Waals surface area contributed by atoms with E-state index in [2.05, 4.69) is 4.72 Å². The van der Waals surface area contributed by atoms with Gasteiger partial charge in [0.1, 0.15) is 5.75 Å². The van der Waals surface area contributed by atoms with Crippen molar-refractivity contribution in [2.75, 3.05) is 7.05 Å². The number of rotatable bonds is 5. The number of hydrogen-bond acceptors (Lipinski definition) is 5. The fourth-order valence-corrected chi connectivity index (χ4v) is 2.88. The molecule has 0 spiro atoms. The van der Waals surface area contributed by atoms with E-state index in [1.54, 1.807) is 0 Å². The summed E-state index contributed by atoms with van der Waals surface area (Å²) < 4.78 is 30.9. The zero-order chi connectivity index (χ0) is 17.2. The van der Waals surface area contributed by atoms with E-state index in [0.717, 1.165) is 6.07 Å². The standard InChI is InChI=1S/C13H10Cl2N2O5S/c1-16-23(20,21)9-3-5-13(11(7-9)17(18)19)22-12-4-2-8(14)6-10(12)15/h2-7,16H,1H3. The summed E-state index contributed by atoms with van der Waals surface area (Å²) in [4.78, 5) is 10.2. The molecule has 0 radical (unpaired) electrons. The monoisotopic (exact) mass is 376 g/mol. The van der Waals surface area contributed by atoms with Crippen molar-refractivity contribution in [1.82, 2.24) is 4.72 Å². The van der Waals surface area contributed by atoms with Crippen LogP contribution in [0.5, 0.6) is 11.5 Å². The van der Waals surface area contributed by atoms with Crippen LogP contribution in [0.25, 0.3) is 0 Å². The first kappa shape index (κ1) is 17.5. The van der Waals surface area contributed by atoms with Crippen molar-refractivity contribution in [3.05, 3.63) is 56.6 Å². The van der Waals surface area contributed by atoms with Crippen molar-refractivity contribution in [3.8, 4) is 11.5 Å². The van der Waals surface area contributed by atoms with E-state index in [9.17, 15) is 18.5 Å². The highest BCUT2D eigenvalue weighted by Gasteiger charge is 2.22. The predicted octanol–water partition coefficient (Wildman–Crippen LogP) is 3.60. The van der Waals surface area contributed by atoms with E-state index in [1.165, 1.54) is 37.4 Å². The van der Waals surface area contributed by atoms with Crippen molar-refractivity contribution >= 4 is 38.9 Å². The molecule has 0 saturated carbocycles. The molecule has 2 aromatic carbocycles. The topological polar surface area (TPSA) is 98.5 Å². The van der Waals surface area contributed by atoms with Crippen LogP contribution in [0.15, 0.2) is 41.3 Å². The molecule has 23 heavy (non-hydrogen) atoms. The van der Waals surface area contributed by atoms with Gasteiger partial charge in [-0.1, -0.05) is 23.2 Å². The fraction of sp³-hybridized carbons (Fsp3) is 0.0769. The van der Waals surface area contributed by atoms with Crippen LogP contribution in [0.3, 0.4) is 0 Å². The number of benzene rings is 2. The third-order valence-corrected chi connectivity index (χ3v) is 4.76. The van der Waals surface area contributed by atoms with Gasteiger partial charge in [-0.15, -0.1) is 0 Å². The molecule has 0 aliphatic carbocycles. The molecule has 2 rings (SSSR count). The molecule has 0 saturated heterocycles. The van der Waals surface area contributed by atoms with Gasteiger partial charge < -0.3 is 4.74 Å². The molecule has 0 amide bonds. The molecule has 0 atom stereocenters. The molecule has 122 valence electrons. The van der Waals surface area contributed by atoms with E-state index in [-0.39, 0.29) is 21.4 Å². The highest BCUT2D eigenvalue weighted by atomic mass is 35.5. The molecule has 0 aliphatic rings. The summed E-state index contributed by atoms with van der Waals surface area (Å²) in [6.07, 6.45) is 0. The number of nitrogens with one attached hydrogen (secondary N) is 1. The molecular weight excluding hydrogens is 367 g/mol. The number of hydrogen-bond donors (Lipinski definition) is 1. The lowest BCUT2D eigenvalue weighted by atomic mass is 10.3. The Labute approximate surface area is 142 Å². The summed E-state index contributed by atoms with van der Waals surface area (Å²) in [5.74, 6) is 0.0117.